The smallest absolute Gasteiger partial charge is 0.247 e. The molecule has 28 heavy (non-hydrogen) atoms. The summed E-state index contributed by atoms with van der Waals surface area (Å²) in [5.41, 5.74) is 2.11. The van der Waals surface area contributed by atoms with Crippen molar-refractivity contribution in [2.75, 3.05) is 6.54 Å². The summed E-state index contributed by atoms with van der Waals surface area (Å²) in [4.78, 5) is 29.6. The van der Waals surface area contributed by atoms with E-state index in [-0.39, 0.29) is 24.4 Å². The standard InChI is InChI=1S/C23H27N3O2/c1-24-15-5-8-21(24)16-25(19-10-11-19)23(28)17-26(20-12-13-20)22(27)14-9-18-6-3-2-4-7-18/h2-9,14-15,19-20H,10-13,16-17H2,1H3. The van der Waals surface area contributed by atoms with Gasteiger partial charge in [-0.1, -0.05) is 30.3 Å². The maximum atomic E-state index is 13.1. The molecule has 2 fully saturated rings. The Morgan fingerprint density at radius 3 is 2.29 bits per heavy atom. The van der Waals surface area contributed by atoms with E-state index in [1.807, 2.05) is 60.6 Å². The lowest BCUT2D eigenvalue weighted by Crippen LogP contribution is -2.44. The molecule has 2 aromatic rings. The topological polar surface area (TPSA) is 45.6 Å². The van der Waals surface area contributed by atoms with Crippen LogP contribution in [0.15, 0.2) is 54.7 Å². The molecule has 4 rings (SSSR count). The minimum absolute atomic E-state index is 0.0528. The van der Waals surface area contributed by atoms with Gasteiger partial charge in [-0.2, -0.15) is 0 Å². The summed E-state index contributed by atoms with van der Waals surface area (Å²) in [6.45, 7) is 0.781. The molecule has 1 aromatic heterocycles. The van der Waals surface area contributed by atoms with E-state index in [2.05, 4.69) is 10.6 Å². The number of nitrogens with zero attached hydrogens (tertiary/aromatic N) is 3. The SMILES string of the molecule is Cn1cccc1CN(C(=O)CN(C(=O)C=Cc1ccccc1)C1CC1)C1CC1. The lowest BCUT2D eigenvalue weighted by Gasteiger charge is -2.27. The van der Waals surface area contributed by atoms with Crippen LogP contribution in [0.1, 0.15) is 36.9 Å². The Labute approximate surface area is 166 Å². The average molecular weight is 377 g/mol. The van der Waals surface area contributed by atoms with Crippen LogP contribution in [0.3, 0.4) is 0 Å². The molecule has 0 radical (unpaired) electrons. The number of carbonyl (C=O) groups is 2. The van der Waals surface area contributed by atoms with E-state index in [4.69, 9.17) is 0 Å². The zero-order chi connectivity index (χ0) is 19.5. The molecule has 1 heterocycles. The molecular weight excluding hydrogens is 350 g/mol. The van der Waals surface area contributed by atoms with Gasteiger partial charge in [0.05, 0.1) is 6.54 Å². The van der Waals surface area contributed by atoms with Crippen LogP contribution < -0.4 is 0 Å². The molecule has 0 bridgehead atoms. The van der Waals surface area contributed by atoms with Gasteiger partial charge in [-0.3, -0.25) is 9.59 Å². The van der Waals surface area contributed by atoms with E-state index in [0.717, 1.165) is 36.9 Å². The molecule has 0 saturated heterocycles. The Morgan fingerprint density at radius 2 is 1.68 bits per heavy atom. The predicted octanol–water partition coefficient (Wildman–Crippen LogP) is 3.22. The van der Waals surface area contributed by atoms with Crippen molar-refractivity contribution >= 4 is 17.9 Å². The number of hydrogen-bond acceptors (Lipinski definition) is 2. The molecule has 2 saturated carbocycles. The molecule has 146 valence electrons. The highest BCUT2D eigenvalue weighted by atomic mass is 16.2. The summed E-state index contributed by atoms with van der Waals surface area (Å²) in [5, 5.41) is 0. The minimum Gasteiger partial charge on any atom is -0.353 e. The Morgan fingerprint density at radius 1 is 1.00 bits per heavy atom. The lowest BCUT2D eigenvalue weighted by molar-refractivity contribution is -0.139. The van der Waals surface area contributed by atoms with Crippen molar-refractivity contribution < 1.29 is 9.59 Å². The lowest BCUT2D eigenvalue weighted by atomic mass is 10.2. The molecule has 0 spiro atoms. The van der Waals surface area contributed by atoms with Crippen LogP contribution >= 0.6 is 0 Å². The van der Waals surface area contributed by atoms with Gasteiger partial charge in [0.2, 0.25) is 11.8 Å². The van der Waals surface area contributed by atoms with Gasteiger partial charge in [0.25, 0.3) is 0 Å². The third-order valence-corrected chi connectivity index (χ3v) is 5.49. The maximum Gasteiger partial charge on any atom is 0.247 e. The molecule has 2 aliphatic rings. The van der Waals surface area contributed by atoms with Crippen molar-refractivity contribution in [1.82, 2.24) is 14.4 Å². The number of carbonyl (C=O) groups excluding carboxylic acids is 2. The van der Waals surface area contributed by atoms with Gasteiger partial charge < -0.3 is 14.4 Å². The highest BCUT2D eigenvalue weighted by Gasteiger charge is 2.37. The number of rotatable bonds is 8. The van der Waals surface area contributed by atoms with Crippen molar-refractivity contribution in [3.05, 3.63) is 66.0 Å². The van der Waals surface area contributed by atoms with Crippen molar-refractivity contribution in [1.29, 1.82) is 0 Å². The first kappa shape index (κ1) is 18.5. The highest BCUT2D eigenvalue weighted by molar-refractivity contribution is 5.95. The number of aryl methyl sites for hydroxylation is 1. The summed E-state index contributed by atoms with van der Waals surface area (Å²) in [6, 6.07) is 14.3. The molecule has 2 aliphatic carbocycles. The average Bonchev–Trinajstić information content (AvgIpc) is 3.62. The van der Waals surface area contributed by atoms with Gasteiger partial charge in [-0.15, -0.1) is 0 Å². The fourth-order valence-electron chi connectivity index (χ4n) is 3.48. The number of aromatic nitrogens is 1. The van der Waals surface area contributed by atoms with Crippen LogP contribution in [0.25, 0.3) is 6.08 Å². The Kier molecular flexibility index (Phi) is 5.33. The van der Waals surface area contributed by atoms with Crippen LogP contribution in [-0.2, 0) is 23.2 Å². The molecule has 2 amide bonds. The van der Waals surface area contributed by atoms with Crippen LogP contribution in [0.5, 0.6) is 0 Å². The van der Waals surface area contributed by atoms with Gasteiger partial charge >= 0.3 is 0 Å². The van der Waals surface area contributed by atoms with Crippen LogP contribution in [0.2, 0.25) is 0 Å². The van der Waals surface area contributed by atoms with Gasteiger partial charge in [0.15, 0.2) is 0 Å². The van der Waals surface area contributed by atoms with E-state index in [1.165, 1.54) is 0 Å². The first-order valence-electron chi connectivity index (χ1n) is 10.1. The zero-order valence-corrected chi connectivity index (χ0v) is 16.3. The van der Waals surface area contributed by atoms with E-state index in [1.54, 1.807) is 11.0 Å². The van der Waals surface area contributed by atoms with Crippen molar-refractivity contribution in [3.8, 4) is 0 Å². The van der Waals surface area contributed by atoms with Gasteiger partial charge in [0, 0.05) is 37.1 Å². The monoisotopic (exact) mass is 377 g/mol. The molecule has 0 unspecified atom stereocenters. The van der Waals surface area contributed by atoms with Crippen molar-refractivity contribution in [2.45, 2.75) is 44.3 Å². The Hall–Kier alpha value is -2.82. The van der Waals surface area contributed by atoms with Crippen LogP contribution in [0, 0.1) is 0 Å². The van der Waals surface area contributed by atoms with E-state index in [9.17, 15) is 9.59 Å². The molecule has 0 N–H and O–H groups in total. The normalized spacial score (nSPS) is 16.3. The van der Waals surface area contributed by atoms with E-state index in [0.29, 0.717) is 12.6 Å². The quantitative estimate of drug-likeness (QED) is 0.663. The zero-order valence-electron chi connectivity index (χ0n) is 16.3. The first-order valence-corrected chi connectivity index (χ1v) is 10.1. The van der Waals surface area contributed by atoms with Gasteiger partial charge in [-0.25, -0.2) is 0 Å². The number of amides is 2. The molecular formula is C23H27N3O2. The predicted molar refractivity (Wildman–Crippen MR) is 109 cm³/mol. The Balaban J connectivity index is 1.43. The van der Waals surface area contributed by atoms with Crippen LogP contribution in [0.4, 0.5) is 0 Å². The summed E-state index contributed by atoms with van der Waals surface area (Å²) < 4.78 is 2.05. The van der Waals surface area contributed by atoms with E-state index >= 15 is 0 Å². The molecule has 5 heteroatoms. The van der Waals surface area contributed by atoms with Crippen LogP contribution in [-0.4, -0.2) is 44.8 Å². The Bertz CT molecular complexity index is 863. The molecule has 0 aliphatic heterocycles. The number of hydrogen-bond donors (Lipinski definition) is 0. The second-order valence-corrected chi connectivity index (χ2v) is 7.80. The minimum atomic E-state index is -0.0747. The fourth-order valence-corrected chi connectivity index (χ4v) is 3.48. The van der Waals surface area contributed by atoms with E-state index < -0.39 is 0 Å². The summed E-state index contributed by atoms with van der Waals surface area (Å²) >= 11 is 0. The first-order chi connectivity index (χ1) is 13.6. The molecule has 5 nitrogen and oxygen atoms in total. The fraction of sp³-hybridized carbons (Fsp3) is 0.391. The highest BCUT2D eigenvalue weighted by Crippen LogP contribution is 2.31. The van der Waals surface area contributed by atoms with Gasteiger partial charge in [0.1, 0.15) is 6.54 Å². The van der Waals surface area contributed by atoms with Crippen molar-refractivity contribution in [2.24, 2.45) is 7.05 Å². The third-order valence-electron chi connectivity index (χ3n) is 5.49. The largest absolute Gasteiger partial charge is 0.353 e. The second-order valence-electron chi connectivity index (χ2n) is 7.80. The van der Waals surface area contributed by atoms with Crippen molar-refractivity contribution in [3.63, 3.8) is 0 Å². The second kappa shape index (κ2) is 8.05. The molecule has 0 atom stereocenters. The number of benzene rings is 1. The van der Waals surface area contributed by atoms with Gasteiger partial charge in [-0.05, 0) is 49.5 Å². The third kappa shape index (κ3) is 4.53. The maximum absolute atomic E-state index is 13.1. The molecule has 1 aromatic carbocycles. The summed E-state index contributed by atoms with van der Waals surface area (Å²) in [7, 11) is 2.00. The summed E-state index contributed by atoms with van der Waals surface area (Å²) in [5.74, 6) is -0.0219. The summed E-state index contributed by atoms with van der Waals surface area (Å²) in [6.07, 6.45) is 9.51.